The Morgan fingerprint density at radius 1 is 1.64 bits per heavy atom. The van der Waals surface area contributed by atoms with Crippen molar-refractivity contribution in [3.63, 3.8) is 0 Å². The average molecular weight is 158 g/mol. The van der Waals surface area contributed by atoms with Gasteiger partial charge in [0, 0.05) is 6.42 Å². The van der Waals surface area contributed by atoms with Gasteiger partial charge in [-0.25, -0.2) is 0 Å². The Bertz CT molecular complexity index is 132. The zero-order valence-corrected chi connectivity index (χ0v) is 6.75. The normalized spacial score (nSPS) is 38.5. The largest absolute Gasteiger partial charge is 0.385 e. The van der Waals surface area contributed by atoms with E-state index in [-0.39, 0.29) is 6.29 Å². The van der Waals surface area contributed by atoms with Gasteiger partial charge in [0.15, 0.2) is 6.29 Å². The number of hydrogen-bond acceptors (Lipinski definition) is 3. The molecule has 0 unspecified atom stereocenters. The molecule has 1 saturated heterocycles. The summed E-state index contributed by atoms with van der Waals surface area (Å²) in [6.45, 7) is 5.94. The van der Waals surface area contributed by atoms with Crippen molar-refractivity contribution < 1.29 is 14.6 Å². The molecule has 0 atom stereocenters. The Balaban J connectivity index is 2.30. The lowest BCUT2D eigenvalue weighted by molar-refractivity contribution is -0.245. The third kappa shape index (κ3) is 2.61. The first-order chi connectivity index (χ1) is 5.14. The molecular formula is C8H14O3. The molecule has 1 fully saturated rings. The number of ether oxygens (including phenoxy) is 2. The zero-order chi connectivity index (χ0) is 8.32. The Labute approximate surface area is 66.6 Å². The van der Waals surface area contributed by atoms with E-state index in [0.29, 0.717) is 19.6 Å². The van der Waals surface area contributed by atoms with Gasteiger partial charge in [0.25, 0.3) is 0 Å². The van der Waals surface area contributed by atoms with E-state index in [1.54, 1.807) is 13.0 Å². The minimum absolute atomic E-state index is 0.215. The van der Waals surface area contributed by atoms with Crippen LogP contribution in [0.3, 0.4) is 0 Å². The van der Waals surface area contributed by atoms with E-state index >= 15 is 0 Å². The van der Waals surface area contributed by atoms with Crippen LogP contribution in [0.1, 0.15) is 13.3 Å². The minimum atomic E-state index is -0.822. The fourth-order valence-electron chi connectivity index (χ4n) is 0.907. The molecule has 64 valence electrons. The molecule has 0 aliphatic carbocycles. The first-order valence-electron chi connectivity index (χ1n) is 3.70. The predicted molar refractivity (Wildman–Crippen MR) is 41.1 cm³/mol. The van der Waals surface area contributed by atoms with Gasteiger partial charge >= 0.3 is 0 Å². The summed E-state index contributed by atoms with van der Waals surface area (Å²) in [4.78, 5) is 0. The van der Waals surface area contributed by atoms with Gasteiger partial charge in [0.2, 0.25) is 0 Å². The van der Waals surface area contributed by atoms with E-state index in [4.69, 9.17) is 9.47 Å². The maximum absolute atomic E-state index is 9.38. The molecule has 0 spiro atoms. The van der Waals surface area contributed by atoms with Gasteiger partial charge in [-0.2, -0.15) is 0 Å². The van der Waals surface area contributed by atoms with Crippen LogP contribution in [0.15, 0.2) is 12.7 Å². The first kappa shape index (κ1) is 8.71. The smallest absolute Gasteiger partial charge is 0.161 e. The molecule has 0 amide bonds. The van der Waals surface area contributed by atoms with E-state index in [1.165, 1.54) is 0 Å². The van der Waals surface area contributed by atoms with Crippen LogP contribution in [0.5, 0.6) is 0 Å². The van der Waals surface area contributed by atoms with Gasteiger partial charge in [-0.3, -0.25) is 0 Å². The molecule has 0 aromatic carbocycles. The summed E-state index contributed by atoms with van der Waals surface area (Å²) in [5, 5.41) is 9.38. The van der Waals surface area contributed by atoms with Crippen LogP contribution in [0, 0.1) is 0 Å². The van der Waals surface area contributed by atoms with E-state index in [9.17, 15) is 5.11 Å². The zero-order valence-electron chi connectivity index (χ0n) is 6.75. The number of hydrogen-bond donors (Lipinski definition) is 1. The van der Waals surface area contributed by atoms with Gasteiger partial charge in [-0.05, 0) is 6.92 Å². The van der Waals surface area contributed by atoms with Crippen molar-refractivity contribution in [2.75, 3.05) is 13.2 Å². The molecule has 11 heavy (non-hydrogen) atoms. The number of aliphatic hydroxyl groups is 1. The molecular weight excluding hydrogens is 144 g/mol. The summed E-state index contributed by atoms with van der Waals surface area (Å²) >= 11 is 0. The minimum Gasteiger partial charge on any atom is -0.385 e. The molecule has 3 heteroatoms. The van der Waals surface area contributed by atoms with Crippen LogP contribution in [-0.2, 0) is 9.47 Å². The van der Waals surface area contributed by atoms with Gasteiger partial charge < -0.3 is 14.6 Å². The van der Waals surface area contributed by atoms with Crippen LogP contribution >= 0.6 is 0 Å². The van der Waals surface area contributed by atoms with Crippen LogP contribution < -0.4 is 0 Å². The fourth-order valence-corrected chi connectivity index (χ4v) is 0.907. The Morgan fingerprint density at radius 3 is 2.64 bits per heavy atom. The van der Waals surface area contributed by atoms with E-state index < -0.39 is 5.60 Å². The summed E-state index contributed by atoms with van der Waals surface area (Å²) in [7, 11) is 0. The highest BCUT2D eigenvalue weighted by Crippen LogP contribution is 2.16. The average Bonchev–Trinajstić information content (AvgIpc) is 1.94. The lowest BCUT2D eigenvalue weighted by atomic mass is 10.1. The van der Waals surface area contributed by atoms with Crippen molar-refractivity contribution in [2.24, 2.45) is 0 Å². The predicted octanol–water partition coefficient (Wildman–Crippen LogP) is 0.686. The highest BCUT2D eigenvalue weighted by molar-refractivity contribution is 4.77. The molecule has 0 aromatic heterocycles. The van der Waals surface area contributed by atoms with Crippen molar-refractivity contribution in [1.82, 2.24) is 0 Å². The van der Waals surface area contributed by atoms with Gasteiger partial charge in [0.1, 0.15) is 5.60 Å². The van der Waals surface area contributed by atoms with Crippen molar-refractivity contribution in [1.29, 1.82) is 0 Å². The summed E-state index contributed by atoms with van der Waals surface area (Å²) in [6.07, 6.45) is 2.20. The highest BCUT2D eigenvalue weighted by Gasteiger charge is 2.29. The second-order valence-electron chi connectivity index (χ2n) is 3.07. The SMILES string of the molecule is C=CCC1OCC(C)(O)CO1. The van der Waals surface area contributed by atoms with Gasteiger partial charge in [0.05, 0.1) is 13.2 Å². The Hall–Kier alpha value is -0.380. The summed E-state index contributed by atoms with van der Waals surface area (Å²) in [5.41, 5.74) is -0.822. The quantitative estimate of drug-likeness (QED) is 0.601. The maximum Gasteiger partial charge on any atom is 0.161 e. The molecule has 0 aromatic rings. The Kier molecular flexibility index (Phi) is 2.65. The molecule has 1 N–H and O–H groups in total. The standard InChI is InChI=1S/C8H14O3/c1-3-4-7-10-5-8(2,9)6-11-7/h3,7,9H,1,4-6H2,2H3. The van der Waals surface area contributed by atoms with E-state index in [1.807, 2.05) is 0 Å². The molecule has 0 saturated carbocycles. The lowest BCUT2D eigenvalue weighted by Gasteiger charge is -2.32. The monoisotopic (exact) mass is 158 g/mol. The van der Waals surface area contributed by atoms with Gasteiger partial charge in [-0.15, -0.1) is 6.58 Å². The Morgan fingerprint density at radius 2 is 2.18 bits per heavy atom. The summed E-state index contributed by atoms with van der Waals surface area (Å²) in [6, 6.07) is 0. The summed E-state index contributed by atoms with van der Waals surface area (Å²) < 4.78 is 10.4. The van der Waals surface area contributed by atoms with Crippen molar-refractivity contribution >= 4 is 0 Å². The van der Waals surface area contributed by atoms with Crippen LogP contribution in [0.25, 0.3) is 0 Å². The van der Waals surface area contributed by atoms with Crippen LogP contribution in [0.4, 0.5) is 0 Å². The fraction of sp³-hybridized carbons (Fsp3) is 0.750. The highest BCUT2D eigenvalue weighted by atomic mass is 16.7. The molecule has 0 radical (unpaired) electrons. The molecule has 1 heterocycles. The lowest BCUT2D eigenvalue weighted by Crippen LogP contribution is -2.44. The van der Waals surface area contributed by atoms with Crippen molar-refractivity contribution in [3.05, 3.63) is 12.7 Å². The topological polar surface area (TPSA) is 38.7 Å². The third-order valence-electron chi connectivity index (χ3n) is 1.52. The molecule has 0 bridgehead atoms. The van der Waals surface area contributed by atoms with E-state index in [0.717, 1.165) is 0 Å². The molecule has 3 nitrogen and oxygen atoms in total. The molecule has 1 aliphatic heterocycles. The van der Waals surface area contributed by atoms with Gasteiger partial charge in [-0.1, -0.05) is 6.08 Å². The van der Waals surface area contributed by atoms with Crippen molar-refractivity contribution in [3.8, 4) is 0 Å². The van der Waals surface area contributed by atoms with Crippen LogP contribution in [-0.4, -0.2) is 30.2 Å². The van der Waals surface area contributed by atoms with Crippen molar-refractivity contribution in [2.45, 2.75) is 25.2 Å². The number of rotatable bonds is 2. The third-order valence-corrected chi connectivity index (χ3v) is 1.52. The first-order valence-corrected chi connectivity index (χ1v) is 3.70. The van der Waals surface area contributed by atoms with Crippen LogP contribution in [0.2, 0.25) is 0 Å². The maximum atomic E-state index is 9.38. The second-order valence-corrected chi connectivity index (χ2v) is 3.07. The molecule has 1 rings (SSSR count). The summed E-state index contributed by atoms with van der Waals surface area (Å²) in [5.74, 6) is 0. The van der Waals surface area contributed by atoms with E-state index in [2.05, 4.69) is 6.58 Å². The second kappa shape index (κ2) is 3.34. The molecule has 1 aliphatic rings.